The first-order chi connectivity index (χ1) is 8.70. The summed E-state index contributed by atoms with van der Waals surface area (Å²) in [5.74, 6) is 2.65. The van der Waals surface area contributed by atoms with Crippen molar-refractivity contribution in [3.05, 3.63) is 52.3 Å². The summed E-state index contributed by atoms with van der Waals surface area (Å²) in [6.45, 7) is 5.67. The Kier molecular flexibility index (Phi) is 3.81. The van der Waals surface area contributed by atoms with Gasteiger partial charge in [-0.1, -0.05) is 18.1 Å². The van der Waals surface area contributed by atoms with Crippen LogP contribution in [0.5, 0.6) is 0 Å². The van der Waals surface area contributed by atoms with Crippen LogP contribution < -0.4 is 5.32 Å². The number of hydrogen-bond acceptors (Lipinski definition) is 2. The van der Waals surface area contributed by atoms with Crippen molar-refractivity contribution in [3.8, 4) is 12.3 Å². The van der Waals surface area contributed by atoms with Crippen LogP contribution in [0.3, 0.4) is 0 Å². The van der Waals surface area contributed by atoms with E-state index in [2.05, 4.69) is 27.5 Å². The number of aryl methyl sites for hydroxylation is 2. The van der Waals surface area contributed by atoms with E-state index >= 15 is 0 Å². The van der Waals surface area contributed by atoms with Crippen LogP contribution in [0, 0.1) is 26.2 Å². The molecule has 0 aliphatic carbocycles. The number of hydrogen-bond donors (Lipinski definition) is 2. The van der Waals surface area contributed by atoms with Gasteiger partial charge in [0.2, 0.25) is 0 Å². The summed E-state index contributed by atoms with van der Waals surface area (Å²) < 4.78 is 0. The lowest BCUT2D eigenvalue weighted by atomic mass is 10.1. The molecule has 2 rings (SSSR count). The minimum atomic E-state index is 0.805. The van der Waals surface area contributed by atoms with Gasteiger partial charge in [-0.15, -0.1) is 6.42 Å². The summed E-state index contributed by atoms with van der Waals surface area (Å²) in [6, 6.07) is 8.03. The topological polar surface area (TPSA) is 40.7 Å². The van der Waals surface area contributed by atoms with Crippen LogP contribution in [0.1, 0.15) is 28.1 Å². The molecule has 1 aromatic heterocycles. The van der Waals surface area contributed by atoms with Gasteiger partial charge in [0.05, 0.1) is 5.69 Å². The van der Waals surface area contributed by atoms with Crippen LogP contribution in [-0.4, -0.2) is 10.2 Å². The molecule has 1 heterocycles. The molecule has 0 aliphatic rings. The Morgan fingerprint density at radius 3 is 2.83 bits per heavy atom. The van der Waals surface area contributed by atoms with Crippen molar-refractivity contribution >= 4 is 0 Å². The van der Waals surface area contributed by atoms with Crippen molar-refractivity contribution in [3.63, 3.8) is 0 Å². The summed E-state index contributed by atoms with van der Waals surface area (Å²) >= 11 is 0. The van der Waals surface area contributed by atoms with E-state index in [0.29, 0.717) is 0 Å². The first-order valence-electron chi connectivity index (χ1n) is 5.97. The largest absolute Gasteiger partial charge is 0.308 e. The molecule has 3 nitrogen and oxygen atoms in total. The predicted octanol–water partition coefficient (Wildman–Crippen LogP) is 2.30. The molecule has 0 aliphatic heterocycles. The average molecular weight is 239 g/mol. The lowest BCUT2D eigenvalue weighted by molar-refractivity contribution is 0.688. The van der Waals surface area contributed by atoms with Crippen molar-refractivity contribution in [1.29, 1.82) is 0 Å². The van der Waals surface area contributed by atoms with Crippen LogP contribution >= 0.6 is 0 Å². The molecule has 0 saturated heterocycles. The van der Waals surface area contributed by atoms with E-state index < -0.39 is 0 Å². The van der Waals surface area contributed by atoms with E-state index in [-0.39, 0.29) is 0 Å². The number of nitrogens with one attached hydrogen (secondary N) is 2. The molecule has 0 atom stereocenters. The molecule has 2 aromatic rings. The standard InChI is InChI=1S/C15H17N3/c1-4-13-6-5-7-14(8-13)9-16-10-15-11(2)17-18-12(15)3/h1,5-8,16H,9-10H2,2-3H3,(H,17,18). The van der Waals surface area contributed by atoms with Gasteiger partial charge in [0, 0.05) is 29.9 Å². The van der Waals surface area contributed by atoms with E-state index in [1.165, 1.54) is 11.1 Å². The molecular formula is C15H17N3. The van der Waals surface area contributed by atoms with Crippen molar-refractivity contribution in [2.45, 2.75) is 26.9 Å². The highest BCUT2D eigenvalue weighted by molar-refractivity contribution is 5.35. The maximum Gasteiger partial charge on any atom is 0.0638 e. The zero-order chi connectivity index (χ0) is 13.0. The van der Waals surface area contributed by atoms with Gasteiger partial charge in [-0.25, -0.2) is 0 Å². The Morgan fingerprint density at radius 2 is 2.17 bits per heavy atom. The van der Waals surface area contributed by atoms with Gasteiger partial charge >= 0.3 is 0 Å². The lowest BCUT2D eigenvalue weighted by Gasteiger charge is -2.05. The molecule has 18 heavy (non-hydrogen) atoms. The summed E-state index contributed by atoms with van der Waals surface area (Å²) in [5.41, 5.74) is 5.53. The molecule has 0 radical (unpaired) electrons. The number of benzene rings is 1. The van der Waals surface area contributed by atoms with Gasteiger partial charge < -0.3 is 5.32 Å². The highest BCUT2D eigenvalue weighted by atomic mass is 15.1. The summed E-state index contributed by atoms with van der Waals surface area (Å²) in [6.07, 6.45) is 5.38. The molecule has 2 N–H and O–H groups in total. The second kappa shape index (κ2) is 5.52. The molecule has 0 spiro atoms. The quantitative estimate of drug-likeness (QED) is 0.804. The number of aromatic nitrogens is 2. The smallest absolute Gasteiger partial charge is 0.0638 e. The molecule has 92 valence electrons. The molecule has 1 aromatic carbocycles. The molecule has 0 bridgehead atoms. The molecule has 0 saturated carbocycles. The fourth-order valence-electron chi connectivity index (χ4n) is 1.94. The van der Waals surface area contributed by atoms with Crippen molar-refractivity contribution in [2.24, 2.45) is 0 Å². The predicted molar refractivity (Wildman–Crippen MR) is 73.0 cm³/mol. The van der Waals surface area contributed by atoms with Crippen molar-refractivity contribution in [2.75, 3.05) is 0 Å². The molecular weight excluding hydrogens is 222 g/mol. The Labute approximate surface area is 108 Å². The Morgan fingerprint density at radius 1 is 1.33 bits per heavy atom. The van der Waals surface area contributed by atoms with Crippen molar-refractivity contribution in [1.82, 2.24) is 15.5 Å². The maximum atomic E-state index is 5.38. The Balaban J connectivity index is 1.95. The van der Waals surface area contributed by atoms with Crippen LogP contribution in [-0.2, 0) is 13.1 Å². The zero-order valence-corrected chi connectivity index (χ0v) is 10.7. The van der Waals surface area contributed by atoms with Gasteiger partial charge in [0.15, 0.2) is 0 Å². The Bertz CT molecular complexity index is 556. The molecule has 0 fully saturated rings. The third-order valence-electron chi connectivity index (χ3n) is 3.01. The van der Waals surface area contributed by atoms with Gasteiger partial charge in [-0.3, -0.25) is 5.10 Å². The second-order valence-electron chi connectivity index (χ2n) is 4.36. The summed E-state index contributed by atoms with van der Waals surface area (Å²) in [5, 5.41) is 10.6. The molecule has 3 heteroatoms. The van der Waals surface area contributed by atoms with E-state index in [1.54, 1.807) is 0 Å². The number of H-pyrrole nitrogens is 1. The minimum absolute atomic E-state index is 0.805. The van der Waals surface area contributed by atoms with E-state index in [1.807, 2.05) is 32.0 Å². The molecule has 0 amide bonds. The summed E-state index contributed by atoms with van der Waals surface area (Å²) in [4.78, 5) is 0. The molecule has 0 unspecified atom stereocenters. The van der Waals surface area contributed by atoms with E-state index in [0.717, 1.165) is 30.0 Å². The number of nitrogens with zero attached hydrogens (tertiary/aromatic N) is 1. The maximum absolute atomic E-state index is 5.38. The number of aromatic amines is 1. The highest BCUT2D eigenvalue weighted by Gasteiger charge is 2.05. The van der Waals surface area contributed by atoms with Crippen LogP contribution in [0.25, 0.3) is 0 Å². The van der Waals surface area contributed by atoms with Crippen LogP contribution in [0.4, 0.5) is 0 Å². The third kappa shape index (κ3) is 2.79. The third-order valence-corrected chi connectivity index (χ3v) is 3.01. The normalized spacial score (nSPS) is 10.3. The van der Waals surface area contributed by atoms with Gasteiger partial charge in [0.1, 0.15) is 0 Å². The van der Waals surface area contributed by atoms with Gasteiger partial charge in [0.25, 0.3) is 0 Å². The monoisotopic (exact) mass is 239 g/mol. The van der Waals surface area contributed by atoms with E-state index in [9.17, 15) is 0 Å². The highest BCUT2D eigenvalue weighted by Crippen LogP contribution is 2.09. The fourth-order valence-corrected chi connectivity index (χ4v) is 1.94. The number of rotatable bonds is 4. The average Bonchev–Trinajstić information content (AvgIpc) is 2.70. The van der Waals surface area contributed by atoms with Crippen LogP contribution in [0.15, 0.2) is 24.3 Å². The second-order valence-corrected chi connectivity index (χ2v) is 4.36. The first-order valence-corrected chi connectivity index (χ1v) is 5.97. The zero-order valence-electron chi connectivity index (χ0n) is 10.7. The number of terminal acetylenes is 1. The van der Waals surface area contributed by atoms with E-state index in [4.69, 9.17) is 6.42 Å². The van der Waals surface area contributed by atoms with Crippen LogP contribution in [0.2, 0.25) is 0 Å². The van der Waals surface area contributed by atoms with Gasteiger partial charge in [-0.2, -0.15) is 5.10 Å². The van der Waals surface area contributed by atoms with Crippen molar-refractivity contribution < 1.29 is 0 Å². The SMILES string of the molecule is C#Cc1cccc(CNCc2c(C)n[nH]c2C)c1. The minimum Gasteiger partial charge on any atom is -0.308 e. The fraction of sp³-hybridized carbons (Fsp3) is 0.267. The van der Waals surface area contributed by atoms with Gasteiger partial charge in [-0.05, 0) is 31.5 Å². The first kappa shape index (κ1) is 12.4. The Hall–Kier alpha value is -2.05. The lowest BCUT2D eigenvalue weighted by Crippen LogP contribution is -2.13. The summed E-state index contributed by atoms with van der Waals surface area (Å²) in [7, 11) is 0.